The number of aryl methyl sites for hydroxylation is 1. The lowest BCUT2D eigenvalue weighted by Crippen LogP contribution is -2.38. The zero-order valence-corrected chi connectivity index (χ0v) is 19.7. The molecule has 1 amide bonds. The van der Waals surface area contributed by atoms with Crippen LogP contribution in [0.4, 0.5) is 11.4 Å². The third-order valence-electron chi connectivity index (χ3n) is 5.83. The summed E-state index contributed by atoms with van der Waals surface area (Å²) in [7, 11) is 0. The molecule has 34 heavy (non-hydrogen) atoms. The van der Waals surface area contributed by atoms with Crippen LogP contribution < -0.4 is 10.6 Å². The van der Waals surface area contributed by atoms with Crippen molar-refractivity contribution in [3.63, 3.8) is 0 Å². The lowest BCUT2D eigenvalue weighted by atomic mass is 10.1. The van der Waals surface area contributed by atoms with Gasteiger partial charge in [-0.1, -0.05) is 24.3 Å². The molecule has 0 saturated carbocycles. The number of aromatic nitrogens is 1. The summed E-state index contributed by atoms with van der Waals surface area (Å²) in [5, 5.41) is 6.48. The van der Waals surface area contributed by atoms with Crippen LogP contribution in [0.2, 0.25) is 0 Å². The Morgan fingerprint density at radius 2 is 1.94 bits per heavy atom. The van der Waals surface area contributed by atoms with Crippen LogP contribution in [-0.2, 0) is 4.74 Å². The number of amides is 1. The molecule has 2 heterocycles. The van der Waals surface area contributed by atoms with E-state index in [1.165, 1.54) is 0 Å². The van der Waals surface area contributed by atoms with Crippen molar-refractivity contribution in [3.8, 4) is 0 Å². The molecule has 1 aliphatic heterocycles. The Morgan fingerprint density at radius 3 is 2.74 bits per heavy atom. The summed E-state index contributed by atoms with van der Waals surface area (Å²) in [5.74, 6) is -0.0441. The summed E-state index contributed by atoms with van der Waals surface area (Å²) in [6.07, 6.45) is 6.79. The third-order valence-corrected chi connectivity index (χ3v) is 5.83. The average molecular weight is 457 g/mol. The van der Waals surface area contributed by atoms with Gasteiger partial charge in [-0.3, -0.25) is 14.7 Å². The van der Waals surface area contributed by atoms with Crippen molar-refractivity contribution in [2.24, 2.45) is 0 Å². The van der Waals surface area contributed by atoms with Crippen molar-refractivity contribution in [1.82, 2.24) is 15.2 Å². The maximum absolute atomic E-state index is 12.6. The predicted molar refractivity (Wildman–Crippen MR) is 138 cm³/mol. The van der Waals surface area contributed by atoms with E-state index in [2.05, 4.69) is 51.7 Å². The quantitative estimate of drug-likeness (QED) is 0.455. The fourth-order valence-corrected chi connectivity index (χ4v) is 3.91. The molecule has 0 atom stereocenters. The van der Waals surface area contributed by atoms with Crippen molar-refractivity contribution >= 4 is 29.4 Å². The fraction of sp³-hybridized carbons (Fsp3) is 0.286. The van der Waals surface area contributed by atoms with E-state index in [1.54, 1.807) is 6.20 Å². The Labute approximate surface area is 201 Å². The van der Waals surface area contributed by atoms with Crippen LogP contribution in [0.25, 0.3) is 12.2 Å². The topological polar surface area (TPSA) is 66.5 Å². The number of rotatable bonds is 9. The van der Waals surface area contributed by atoms with E-state index in [-0.39, 0.29) is 5.91 Å². The molecule has 0 radical (unpaired) electrons. The van der Waals surface area contributed by atoms with Gasteiger partial charge in [0.05, 0.1) is 18.9 Å². The molecule has 2 aromatic carbocycles. The van der Waals surface area contributed by atoms with Crippen LogP contribution in [-0.4, -0.2) is 55.2 Å². The van der Waals surface area contributed by atoms with Crippen LogP contribution in [0.3, 0.4) is 0 Å². The standard InChI is InChI=1S/C28H32N4O2/c1-22-20-23(9-11-25-7-2-3-13-29-25)10-12-27(22)31-26-8-4-6-24(21-26)28(33)30-14-5-15-32-16-18-34-19-17-32/h2-4,6-13,20-21,31H,5,14-19H2,1H3,(H,30,33)/b11-9+. The molecule has 0 aliphatic carbocycles. The smallest absolute Gasteiger partial charge is 0.251 e. The van der Waals surface area contributed by atoms with Crippen molar-refractivity contribution in [2.75, 3.05) is 44.7 Å². The SMILES string of the molecule is Cc1cc(/C=C/c2ccccn2)ccc1Nc1cccc(C(=O)NCCCN2CCOCC2)c1. The van der Waals surface area contributed by atoms with Gasteiger partial charge in [-0.2, -0.15) is 0 Å². The summed E-state index contributed by atoms with van der Waals surface area (Å²) < 4.78 is 5.37. The van der Waals surface area contributed by atoms with E-state index in [4.69, 9.17) is 4.74 Å². The van der Waals surface area contributed by atoms with E-state index < -0.39 is 0 Å². The van der Waals surface area contributed by atoms with Gasteiger partial charge in [0.2, 0.25) is 0 Å². The summed E-state index contributed by atoms with van der Waals surface area (Å²) in [6.45, 7) is 7.28. The molecule has 1 fully saturated rings. The third kappa shape index (κ3) is 7.01. The first-order valence-electron chi connectivity index (χ1n) is 11.8. The highest BCUT2D eigenvalue weighted by Gasteiger charge is 2.10. The molecular weight excluding hydrogens is 424 g/mol. The molecule has 6 nitrogen and oxygen atoms in total. The average Bonchev–Trinajstić information content (AvgIpc) is 2.88. The second-order valence-electron chi connectivity index (χ2n) is 8.43. The molecule has 1 aromatic heterocycles. The summed E-state index contributed by atoms with van der Waals surface area (Å²) in [5.41, 5.74) is 5.72. The van der Waals surface area contributed by atoms with Gasteiger partial charge < -0.3 is 15.4 Å². The van der Waals surface area contributed by atoms with Crippen molar-refractivity contribution in [1.29, 1.82) is 0 Å². The number of nitrogens with one attached hydrogen (secondary N) is 2. The zero-order valence-electron chi connectivity index (χ0n) is 19.7. The van der Waals surface area contributed by atoms with Gasteiger partial charge in [-0.25, -0.2) is 0 Å². The molecule has 176 valence electrons. The monoisotopic (exact) mass is 456 g/mol. The number of morpholine rings is 1. The van der Waals surface area contributed by atoms with Gasteiger partial charge in [0.1, 0.15) is 0 Å². The number of carbonyl (C=O) groups is 1. The van der Waals surface area contributed by atoms with Gasteiger partial charge in [0, 0.05) is 42.8 Å². The van der Waals surface area contributed by atoms with Gasteiger partial charge in [-0.15, -0.1) is 0 Å². The predicted octanol–water partition coefficient (Wildman–Crippen LogP) is 4.76. The molecule has 6 heteroatoms. The van der Waals surface area contributed by atoms with E-state index in [0.717, 1.165) is 67.5 Å². The molecule has 1 aliphatic rings. The minimum atomic E-state index is -0.0441. The lowest BCUT2D eigenvalue weighted by molar-refractivity contribution is 0.0374. The fourth-order valence-electron chi connectivity index (χ4n) is 3.91. The maximum Gasteiger partial charge on any atom is 0.251 e. The summed E-state index contributed by atoms with van der Waals surface area (Å²) >= 11 is 0. The number of ether oxygens (including phenoxy) is 1. The largest absolute Gasteiger partial charge is 0.379 e. The van der Waals surface area contributed by atoms with Crippen LogP contribution >= 0.6 is 0 Å². The second kappa shape index (κ2) is 12.1. The minimum Gasteiger partial charge on any atom is -0.379 e. The normalized spacial score (nSPS) is 14.3. The van der Waals surface area contributed by atoms with E-state index in [1.807, 2.05) is 48.5 Å². The molecular formula is C28H32N4O2. The number of carbonyl (C=O) groups excluding carboxylic acids is 1. The second-order valence-corrected chi connectivity index (χ2v) is 8.43. The molecule has 0 spiro atoms. The van der Waals surface area contributed by atoms with Gasteiger partial charge in [0.25, 0.3) is 5.91 Å². The van der Waals surface area contributed by atoms with E-state index in [9.17, 15) is 4.79 Å². The highest BCUT2D eigenvalue weighted by atomic mass is 16.5. The first kappa shape index (κ1) is 23.7. The van der Waals surface area contributed by atoms with Crippen LogP contribution in [0.15, 0.2) is 66.9 Å². The van der Waals surface area contributed by atoms with Gasteiger partial charge >= 0.3 is 0 Å². The van der Waals surface area contributed by atoms with Crippen LogP contribution in [0.5, 0.6) is 0 Å². The van der Waals surface area contributed by atoms with Gasteiger partial charge in [0.15, 0.2) is 0 Å². The highest BCUT2D eigenvalue weighted by Crippen LogP contribution is 2.23. The molecule has 0 bridgehead atoms. The van der Waals surface area contributed by atoms with Crippen molar-refractivity contribution < 1.29 is 9.53 Å². The highest BCUT2D eigenvalue weighted by molar-refractivity contribution is 5.95. The lowest BCUT2D eigenvalue weighted by Gasteiger charge is -2.26. The molecule has 0 unspecified atom stereocenters. The summed E-state index contributed by atoms with van der Waals surface area (Å²) in [6, 6.07) is 19.8. The number of hydrogen-bond donors (Lipinski definition) is 2. The minimum absolute atomic E-state index is 0.0441. The van der Waals surface area contributed by atoms with E-state index in [0.29, 0.717) is 12.1 Å². The Bertz CT molecular complexity index is 1110. The first-order chi connectivity index (χ1) is 16.7. The first-order valence-corrected chi connectivity index (χ1v) is 11.8. The van der Waals surface area contributed by atoms with Crippen LogP contribution in [0, 0.1) is 6.92 Å². The Hall–Kier alpha value is -3.48. The Balaban J connectivity index is 1.30. The molecule has 1 saturated heterocycles. The maximum atomic E-state index is 12.6. The Morgan fingerprint density at radius 1 is 1.06 bits per heavy atom. The summed E-state index contributed by atoms with van der Waals surface area (Å²) in [4.78, 5) is 19.3. The zero-order chi connectivity index (χ0) is 23.6. The number of benzene rings is 2. The van der Waals surface area contributed by atoms with Crippen LogP contribution in [0.1, 0.15) is 33.6 Å². The van der Waals surface area contributed by atoms with E-state index >= 15 is 0 Å². The molecule has 4 rings (SSSR count). The number of pyridine rings is 1. The Kier molecular flexibility index (Phi) is 8.43. The van der Waals surface area contributed by atoms with Crippen molar-refractivity contribution in [3.05, 3.63) is 89.2 Å². The van der Waals surface area contributed by atoms with Gasteiger partial charge in [-0.05, 0) is 79.6 Å². The van der Waals surface area contributed by atoms with Crippen molar-refractivity contribution in [2.45, 2.75) is 13.3 Å². The molecule has 3 aromatic rings. The number of nitrogens with zero attached hydrogens (tertiary/aromatic N) is 2. The molecule has 2 N–H and O–H groups in total. The number of hydrogen-bond acceptors (Lipinski definition) is 5. The number of anilines is 2.